The van der Waals surface area contributed by atoms with E-state index >= 15 is 0 Å². The van der Waals surface area contributed by atoms with Crippen LogP contribution in [0.15, 0.2) is 18.5 Å². The van der Waals surface area contributed by atoms with Gasteiger partial charge in [-0.15, -0.1) is 22.7 Å². The Morgan fingerprint density at radius 1 is 1.17 bits per heavy atom. The number of nitrogen functional groups attached to an aromatic ring is 1. The highest BCUT2D eigenvalue weighted by atomic mass is 32.1. The summed E-state index contributed by atoms with van der Waals surface area (Å²) >= 11 is 3.39. The number of nitrogens with two attached hydrogens (primary N) is 1. The number of anilines is 1. The van der Waals surface area contributed by atoms with Gasteiger partial charge in [-0.3, -0.25) is 4.98 Å². The van der Waals surface area contributed by atoms with Gasteiger partial charge in [-0.2, -0.15) is 0 Å². The zero-order valence-electron chi connectivity index (χ0n) is 14.1. The van der Waals surface area contributed by atoms with Gasteiger partial charge in [0, 0.05) is 23.2 Å². The molecule has 0 amide bonds. The molecule has 4 nitrogen and oxygen atoms in total. The maximum Gasteiger partial charge on any atom is 0.127 e. The highest BCUT2D eigenvalue weighted by molar-refractivity contribution is 7.22. The van der Waals surface area contributed by atoms with Gasteiger partial charge in [0.25, 0.3) is 0 Å². The molecule has 0 spiro atoms. The molecule has 3 aromatic rings. The number of aromatic nitrogens is 2. The molecule has 0 unspecified atom stereocenters. The average Bonchev–Trinajstić information content (AvgIpc) is 3.17. The first-order valence-corrected chi connectivity index (χ1v) is 9.78. The SMILES string of the molecule is CC.CC.Nc1sc2c(c1-c1nc3cnccc3s1)CCNC2. The molecule has 0 fully saturated rings. The van der Waals surface area contributed by atoms with E-state index in [1.165, 1.54) is 15.1 Å². The van der Waals surface area contributed by atoms with Crippen molar-refractivity contribution in [2.24, 2.45) is 0 Å². The second-order valence-electron chi connectivity index (χ2n) is 4.53. The summed E-state index contributed by atoms with van der Waals surface area (Å²) < 4.78 is 1.17. The van der Waals surface area contributed by atoms with E-state index in [-0.39, 0.29) is 0 Å². The molecule has 0 radical (unpaired) electrons. The quantitative estimate of drug-likeness (QED) is 0.669. The Morgan fingerprint density at radius 2 is 1.96 bits per heavy atom. The van der Waals surface area contributed by atoms with Crippen molar-refractivity contribution in [2.75, 3.05) is 12.3 Å². The highest BCUT2D eigenvalue weighted by Gasteiger charge is 2.22. The largest absolute Gasteiger partial charge is 0.390 e. The minimum atomic E-state index is 0.890. The van der Waals surface area contributed by atoms with Gasteiger partial charge >= 0.3 is 0 Å². The van der Waals surface area contributed by atoms with Crippen LogP contribution in [0.2, 0.25) is 0 Å². The van der Waals surface area contributed by atoms with Crippen molar-refractivity contribution < 1.29 is 0 Å². The molecule has 0 saturated carbocycles. The number of rotatable bonds is 1. The summed E-state index contributed by atoms with van der Waals surface area (Å²) in [5.74, 6) is 0. The average molecular weight is 349 g/mol. The molecule has 1 aliphatic rings. The lowest BCUT2D eigenvalue weighted by molar-refractivity contribution is 0.655. The second-order valence-corrected chi connectivity index (χ2v) is 6.70. The highest BCUT2D eigenvalue weighted by Crippen LogP contribution is 2.42. The number of hydrogen-bond donors (Lipinski definition) is 2. The summed E-state index contributed by atoms with van der Waals surface area (Å²) in [6.45, 7) is 9.94. The fourth-order valence-electron chi connectivity index (χ4n) is 2.48. The molecule has 3 N–H and O–H groups in total. The molecule has 1 aliphatic heterocycles. The van der Waals surface area contributed by atoms with Crippen molar-refractivity contribution in [1.82, 2.24) is 15.3 Å². The molecule has 0 atom stereocenters. The van der Waals surface area contributed by atoms with Crippen LogP contribution < -0.4 is 11.1 Å². The zero-order chi connectivity index (χ0) is 16.8. The van der Waals surface area contributed by atoms with Crippen molar-refractivity contribution >= 4 is 37.9 Å². The zero-order valence-corrected chi connectivity index (χ0v) is 15.8. The van der Waals surface area contributed by atoms with Crippen LogP contribution in [0.1, 0.15) is 38.1 Å². The summed E-state index contributed by atoms with van der Waals surface area (Å²) in [5, 5.41) is 5.30. The Morgan fingerprint density at radius 3 is 2.70 bits per heavy atom. The van der Waals surface area contributed by atoms with Crippen LogP contribution in [0, 0.1) is 0 Å². The van der Waals surface area contributed by atoms with Gasteiger partial charge in [0.1, 0.15) is 10.5 Å². The van der Waals surface area contributed by atoms with E-state index in [1.807, 2.05) is 40.0 Å². The lowest BCUT2D eigenvalue weighted by Crippen LogP contribution is -2.22. The molecule has 6 heteroatoms. The first-order valence-electron chi connectivity index (χ1n) is 8.14. The summed E-state index contributed by atoms with van der Waals surface area (Å²) in [6.07, 6.45) is 4.65. The van der Waals surface area contributed by atoms with Crippen LogP contribution in [0.3, 0.4) is 0 Å². The third-order valence-electron chi connectivity index (χ3n) is 3.36. The van der Waals surface area contributed by atoms with E-state index in [0.717, 1.165) is 40.6 Å². The number of pyridine rings is 1. The van der Waals surface area contributed by atoms with Gasteiger partial charge in [-0.05, 0) is 24.6 Å². The maximum atomic E-state index is 6.22. The van der Waals surface area contributed by atoms with E-state index in [0.29, 0.717) is 0 Å². The number of nitrogens with zero attached hydrogens (tertiary/aromatic N) is 2. The van der Waals surface area contributed by atoms with Crippen molar-refractivity contribution in [1.29, 1.82) is 0 Å². The molecule has 124 valence electrons. The predicted molar refractivity (Wildman–Crippen MR) is 103 cm³/mol. The van der Waals surface area contributed by atoms with Gasteiger partial charge in [0.2, 0.25) is 0 Å². The van der Waals surface area contributed by atoms with Gasteiger partial charge in [-0.25, -0.2) is 4.98 Å². The molecule has 23 heavy (non-hydrogen) atoms. The van der Waals surface area contributed by atoms with E-state index in [4.69, 9.17) is 5.73 Å². The Kier molecular flexibility index (Phi) is 6.50. The summed E-state index contributed by atoms with van der Waals surface area (Å²) in [4.78, 5) is 10.2. The number of nitrogens with one attached hydrogen (secondary N) is 1. The van der Waals surface area contributed by atoms with Crippen LogP contribution >= 0.6 is 22.7 Å². The number of thiazole rings is 1. The second kappa shape index (κ2) is 8.38. The molecular formula is C17H24N4S2. The standard InChI is InChI=1S/C13H12N4S2.2C2H6/c14-12-11(7-1-3-16-6-10(7)18-12)13-17-8-5-15-4-2-9(8)19-13;2*1-2/h2,4-5,16H,1,3,6,14H2;2*1-2H3. The van der Waals surface area contributed by atoms with Crippen molar-refractivity contribution in [2.45, 2.75) is 40.7 Å². The molecule has 3 aromatic heterocycles. The molecule has 4 heterocycles. The van der Waals surface area contributed by atoms with Crippen molar-refractivity contribution in [3.63, 3.8) is 0 Å². The Labute approximate surface area is 145 Å². The molecular weight excluding hydrogens is 324 g/mol. The third kappa shape index (κ3) is 3.54. The number of fused-ring (bicyclic) bond motifs is 2. The Bertz CT molecular complexity index is 728. The summed E-state index contributed by atoms with van der Waals surface area (Å²) in [5.41, 5.74) is 9.71. The van der Waals surface area contributed by atoms with Gasteiger partial charge in [-0.1, -0.05) is 27.7 Å². The Balaban J connectivity index is 0.000000448. The first kappa shape index (κ1) is 17.8. The van der Waals surface area contributed by atoms with E-state index < -0.39 is 0 Å². The third-order valence-corrected chi connectivity index (χ3v) is 5.47. The predicted octanol–water partition coefficient (Wildman–Crippen LogP) is 4.70. The minimum Gasteiger partial charge on any atom is -0.390 e. The number of thiophene rings is 1. The minimum absolute atomic E-state index is 0.890. The lowest BCUT2D eigenvalue weighted by Gasteiger charge is -2.13. The monoisotopic (exact) mass is 348 g/mol. The van der Waals surface area contributed by atoms with Crippen LogP contribution in [0.25, 0.3) is 20.8 Å². The molecule has 0 bridgehead atoms. The van der Waals surface area contributed by atoms with E-state index in [9.17, 15) is 0 Å². The van der Waals surface area contributed by atoms with Crippen LogP contribution in [-0.2, 0) is 13.0 Å². The smallest absolute Gasteiger partial charge is 0.127 e. The maximum absolute atomic E-state index is 6.22. The Hall–Kier alpha value is -1.50. The van der Waals surface area contributed by atoms with Gasteiger partial charge in [0.15, 0.2) is 0 Å². The topological polar surface area (TPSA) is 63.8 Å². The summed E-state index contributed by atoms with van der Waals surface area (Å²) in [7, 11) is 0. The summed E-state index contributed by atoms with van der Waals surface area (Å²) in [6, 6.07) is 2.01. The fourth-order valence-corrected chi connectivity index (χ4v) is 4.65. The number of hydrogen-bond acceptors (Lipinski definition) is 6. The van der Waals surface area contributed by atoms with Crippen molar-refractivity contribution in [3.8, 4) is 10.6 Å². The van der Waals surface area contributed by atoms with Crippen LogP contribution in [-0.4, -0.2) is 16.5 Å². The fraction of sp³-hybridized carbons (Fsp3) is 0.412. The van der Waals surface area contributed by atoms with Gasteiger partial charge in [0.05, 0.1) is 15.9 Å². The molecule has 0 aromatic carbocycles. The normalized spacial score (nSPS) is 12.7. The molecule has 4 rings (SSSR count). The van der Waals surface area contributed by atoms with E-state index in [2.05, 4.69) is 15.3 Å². The van der Waals surface area contributed by atoms with Crippen LogP contribution in [0.4, 0.5) is 5.00 Å². The molecule has 0 saturated heterocycles. The lowest BCUT2D eigenvalue weighted by atomic mass is 10.0. The van der Waals surface area contributed by atoms with Gasteiger partial charge < -0.3 is 11.1 Å². The first-order chi connectivity index (χ1) is 11.3. The van der Waals surface area contributed by atoms with E-state index in [1.54, 1.807) is 28.9 Å². The van der Waals surface area contributed by atoms with Crippen LogP contribution in [0.5, 0.6) is 0 Å². The van der Waals surface area contributed by atoms with Crippen molar-refractivity contribution in [3.05, 3.63) is 28.9 Å². The molecule has 0 aliphatic carbocycles.